The fourth-order valence-electron chi connectivity index (χ4n) is 2.14. The van der Waals surface area contributed by atoms with Gasteiger partial charge in [0.1, 0.15) is 0 Å². The number of unbranched alkanes of at least 4 members (excludes halogenated alkanes) is 5. The third kappa shape index (κ3) is 12.4. The van der Waals surface area contributed by atoms with E-state index in [9.17, 15) is 0 Å². The van der Waals surface area contributed by atoms with Crippen LogP contribution >= 0.6 is 0 Å². The molecule has 0 radical (unpaired) electrons. The third-order valence-electron chi connectivity index (χ3n) is 3.47. The summed E-state index contributed by atoms with van der Waals surface area (Å²) >= 11 is 0. The van der Waals surface area contributed by atoms with Crippen molar-refractivity contribution in [2.45, 2.75) is 72.1 Å². The van der Waals surface area contributed by atoms with Gasteiger partial charge < -0.3 is 10.2 Å². The third-order valence-corrected chi connectivity index (χ3v) is 3.47. The van der Waals surface area contributed by atoms with Crippen LogP contribution in [0.4, 0.5) is 0 Å². The second-order valence-electron chi connectivity index (χ2n) is 5.36. The number of rotatable bonds is 14. The lowest BCUT2D eigenvalue weighted by molar-refractivity contribution is 0.264. The molecule has 0 aliphatic heterocycles. The summed E-state index contributed by atoms with van der Waals surface area (Å²) in [6.45, 7) is 13.0. The van der Waals surface area contributed by atoms with Gasteiger partial charge in [-0.25, -0.2) is 0 Å². The summed E-state index contributed by atoms with van der Waals surface area (Å²) in [4.78, 5) is 2.63. The Bertz CT molecular complexity index is 140. The zero-order valence-corrected chi connectivity index (χ0v) is 13.1. The van der Waals surface area contributed by atoms with Crippen LogP contribution in [0.2, 0.25) is 0 Å². The molecule has 0 aromatic rings. The molecule has 1 N–H and O–H groups in total. The molecule has 0 aliphatic carbocycles. The van der Waals surface area contributed by atoms with Crippen molar-refractivity contribution in [2.75, 3.05) is 32.7 Å². The van der Waals surface area contributed by atoms with E-state index in [1.54, 1.807) is 0 Å². The molecular weight excluding hydrogens is 220 g/mol. The van der Waals surface area contributed by atoms with E-state index in [0.717, 1.165) is 0 Å². The van der Waals surface area contributed by atoms with E-state index >= 15 is 0 Å². The van der Waals surface area contributed by atoms with Gasteiger partial charge in [0.15, 0.2) is 0 Å². The lowest BCUT2D eigenvalue weighted by atomic mass is 10.2. The van der Waals surface area contributed by atoms with E-state index < -0.39 is 0 Å². The molecule has 0 aliphatic rings. The molecule has 0 rings (SSSR count). The van der Waals surface area contributed by atoms with Crippen LogP contribution in [-0.2, 0) is 0 Å². The van der Waals surface area contributed by atoms with Gasteiger partial charge in [-0.15, -0.1) is 0 Å². The number of nitrogens with one attached hydrogen (secondary N) is 1. The standard InChI is InChI=1S/C16H36N2/c1-4-7-10-11-12-17-13-16-18(14-8-5-2)15-9-6-3/h17H,4-16H2,1-3H3. The lowest BCUT2D eigenvalue weighted by Gasteiger charge is -2.22. The maximum absolute atomic E-state index is 3.59. The van der Waals surface area contributed by atoms with Gasteiger partial charge in [-0.2, -0.15) is 0 Å². The van der Waals surface area contributed by atoms with Gasteiger partial charge in [0.2, 0.25) is 0 Å². The van der Waals surface area contributed by atoms with Crippen LogP contribution in [0.1, 0.15) is 72.1 Å². The van der Waals surface area contributed by atoms with Crippen molar-refractivity contribution in [3.63, 3.8) is 0 Å². The Morgan fingerprint density at radius 2 is 1.22 bits per heavy atom. The molecule has 2 heteroatoms. The summed E-state index contributed by atoms with van der Waals surface area (Å²) in [5.74, 6) is 0. The first-order valence-electron chi connectivity index (χ1n) is 8.28. The first-order chi connectivity index (χ1) is 8.85. The van der Waals surface area contributed by atoms with Gasteiger partial charge in [-0.1, -0.05) is 52.9 Å². The SMILES string of the molecule is CCCCCCNCCN(CCCC)CCCC. The Morgan fingerprint density at radius 3 is 1.78 bits per heavy atom. The molecule has 0 unspecified atom stereocenters. The summed E-state index contributed by atoms with van der Waals surface area (Å²) in [5, 5.41) is 3.59. The Hall–Kier alpha value is -0.0800. The van der Waals surface area contributed by atoms with Crippen molar-refractivity contribution in [2.24, 2.45) is 0 Å². The average Bonchev–Trinajstić information content (AvgIpc) is 2.40. The second kappa shape index (κ2) is 15.0. The second-order valence-corrected chi connectivity index (χ2v) is 5.36. The minimum Gasteiger partial charge on any atom is -0.315 e. The maximum atomic E-state index is 3.59. The molecule has 0 saturated carbocycles. The molecule has 0 aromatic heterocycles. The molecule has 2 nitrogen and oxygen atoms in total. The average molecular weight is 256 g/mol. The molecule has 0 aromatic carbocycles. The molecule has 0 heterocycles. The molecule has 0 saturated heterocycles. The molecule has 0 fully saturated rings. The van der Waals surface area contributed by atoms with E-state index in [-0.39, 0.29) is 0 Å². The Balaban J connectivity index is 3.43. The molecule has 18 heavy (non-hydrogen) atoms. The van der Waals surface area contributed by atoms with E-state index in [4.69, 9.17) is 0 Å². The Labute approximate surface area is 116 Å². The molecule has 0 spiro atoms. The summed E-state index contributed by atoms with van der Waals surface area (Å²) < 4.78 is 0. The predicted octanol–water partition coefficient (Wildman–Crippen LogP) is 4.06. The van der Waals surface area contributed by atoms with Crippen LogP contribution in [0.15, 0.2) is 0 Å². The van der Waals surface area contributed by atoms with Gasteiger partial charge in [0.05, 0.1) is 0 Å². The molecular formula is C16H36N2. The minimum absolute atomic E-state index is 1.17. The van der Waals surface area contributed by atoms with Crippen molar-refractivity contribution < 1.29 is 0 Å². The monoisotopic (exact) mass is 256 g/mol. The van der Waals surface area contributed by atoms with Gasteiger partial charge in [-0.3, -0.25) is 0 Å². The highest BCUT2D eigenvalue weighted by Gasteiger charge is 2.02. The van der Waals surface area contributed by atoms with E-state index in [2.05, 4.69) is 31.0 Å². The van der Waals surface area contributed by atoms with Crippen molar-refractivity contribution in [3.05, 3.63) is 0 Å². The molecule has 0 amide bonds. The number of hydrogen-bond acceptors (Lipinski definition) is 2. The first kappa shape index (κ1) is 17.9. The fourth-order valence-corrected chi connectivity index (χ4v) is 2.14. The van der Waals surface area contributed by atoms with Gasteiger partial charge in [-0.05, 0) is 38.9 Å². The number of nitrogens with zero attached hydrogens (tertiary/aromatic N) is 1. The zero-order chi connectivity index (χ0) is 13.5. The van der Waals surface area contributed by atoms with Crippen LogP contribution in [0.5, 0.6) is 0 Å². The summed E-state index contributed by atoms with van der Waals surface area (Å²) in [5.41, 5.74) is 0. The largest absolute Gasteiger partial charge is 0.315 e. The van der Waals surface area contributed by atoms with Crippen molar-refractivity contribution in [1.29, 1.82) is 0 Å². The Kier molecular flexibility index (Phi) is 14.9. The maximum Gasteiger partial charge on any atom is 0.0107 e. The van der Waals surface area contributed by atoms with Crippen molar-refractivity contribution >= 4 is 0 Å². The van der Waals surface area contributed by atoms with Crippen molar-refractivity contribution in [1.82, 2.24) is 10.2 Å². The fraction of sp³-hybridized carbons (Fsp3) is 1.00. The van der Waals surface area contributed by atoms with Gasteiger partial charge in [0.25, 0.3) is 0 Å². The number of hydrogen-bond donors (Lipinski definition) is 1. The van der Waals surface area contributed by atoms with Crippen LogP contribution in [0, 0.1) is 0 Å². The normalized spacial score (nSPS) is 11.3. The highest BCUT2D eigenvalue weighted by molar-refractivity contribution is 4.60. The van der Waals surface area contributed by atoms with Crippen molar-refractivity contribution in [3.8, 4) is 0 Å². The Morgan fingerprint density at radius 1 is 0.611 bits per heavy atom. The predicted molar refractivity (Wildman–Crippen MR) is 83.3 cm³/mol. The van der Waals surface area contributed by atoms with E-state index in [1.165, 1.54) is 84.1 Å². The summed E-state index contributed by atoms with van der Waals surface area (Å²) in [7, 11) is 0. The van der Waals surface area contributed by atoms with Crippen LogP contribution in [0.25, 0.3) is 0 Å². The lowest BCUT2D eigenvalue weighted by Crippen LogP contribution is -2.34. The molecule has 110 valence electrons. The minimum atomic E-state index is 1.17. The van der Waals surface area contributed by atoms with Crippen LogP contribution in [-0.4, -0.2) is 37.6 Å². The summed E-state index contributed by atoms with van der Waals surface area (Å²) in [6, 6.07) is 0. The first-order valence-corrected chi connectivity index (χ1v) is 8.28. The molecule has 0 atom stereocenters. The highest BCUT2D eigenvalue weighted by atomic mass is 15.1. The van der Waals surface area contributed by atoms with Crippen LogP contribution < -0.4 is 5.32 Å². The van der Waals surface area contributed by atoms with E-state index in [0.29, 0.717) is 0 Å². The van der Waals surface area contributed by atoms with Gasteiger partial charge >= 0.3 is 0 Å². The van der Waals surface area contributed by atoms with Gasteiger partial charge in [0, 0.05) is 13.1 Å². The zero-order valence-electron chi connectivity index (χ0n) is 13.1. The topological polar surface area (TPSA) is 15.3 Å². The summed E-state index contributed by atoms with van der Waals surface area (Å²) in [6.07, 6.45) is 10.8. The smallest absolute Gasteiger partial charge is 0.0107 e. The quantitative estimate of drug-likeness (QED) is 0.472. The highest BCUT2D eigenvalue weighted by Crippen LogP contribution is 1.99. The van der Waals surface area contributed by atoms with Crippen LogP contribution in [0.3, 0.4) is 0 Å². The molecule has 0 bridgehead atoms. The van der Waals surface area contributed by atoms with E-state index in [1.807, 2.05) is 0 Å².